The first-order valence-electron chi connectivity index (χ1n) is 6.67. The quantitative estimate of drug-likeness (QED) is 0.251. The molecule has 0 bridgehead atoms. The number of hydrogen-bond acceptors (Lipinski definition) is 4. The second kappa shape index (κ2) is 11.4. The van der Waals surface area contributed by atoms with E-state index in [-0.39, 0.29) is 5.97 Å². The van der Waals surface area contributed by atoms with Gasteiger partial charge in [0.25, 0.3) is 0 Å². The number of hydrogen-bond donors (Lipinski definition) is 0. The van der Waals surface area contributed by atoms with Gasteiger partial charge in [-0.3, -0.25) is 0 Å². The van der Waals surface area contributed by atoms with E-state index in [9.17, 15) is 4.79 Å². The Kier molecular flexibility index (Phi) is 11.0. The van der Waals surface area contributed by atoms with Crippen molar-refractivity contribution in [3.63, 3.8) is 0 Å². The van der Waals surface area contributed by atoms with Crippen LogP contribution < -0.4 is 0 Å². The monoisotopic (exact) mass is 274 g/mol. The van der Waals surface area contributed by atoms with Crippen LogP contribution in [0.25, 0.3) is 0 Å². The first kappa shape index (κ1) is 17.3. The zero-order valence-corrected chi connectivity index (χ0v) is 13.0. The summed E-state index contributed by atoms with van der Waals surface area (Å²) >= 11 is 0. The molecule has 0 fully saturated rings. The fourth-order valence-electron chi connectivity index (χ4n) is 1.25. The van der Waals surface area contributed by atoms with E-state index >= 15 is 0 Å². The van der Waals surface area contributed by atoms with Crippen molar-refractivity contribution < 1.29 is 18.4 Å². The molecule has 0 spiro atoms. The zero-order chi connectivity index (χ0) is 13.8. The highest BCUT2D eigenvalue weighted by Crippen LogP contribution is 2.04. The predicted molar refractivity (Wildman–Crippen MR) is 74.8 cm³/mol. The van der Waals surface area contributed by atoms with Gasteiger partial charge in [-0.05, 0) is 32.2 Å². The van der Waals surface area contributed by atoms with E-state index in [1.165, 1.54) is 0 Å². The van der Waals surface area contributed by atoms with Gasteiger partial charge in [-0.15, -0.1) is 0 Å². The molecule has 106 valence electrons. The lowest BCUT2D eigenvalue weighted by Gasteiger charge is -2.16. The van der Waals surface area contributed by atoms with Crippen molar-refractivity contribution in [3.05, 3.63) is 12.2 Å². The Labute approximate surface area is 112 Å². The standard InChI is InChI=1S/C13H26O4Si/c1-5-8-16-18(17-9-6-2)11-7-10-15-13(14)12(3)4/h18H,3,5-11H2,1-2,4H3. The zero-order valence-electron chi connectivity index (χ0n) is 11.9. The molecule has 0 aliphatic carbocycles. The lowest BCUT2D eigenvalue weighted by molar-refractivity contribution is -0.138. The molecule has 0 saturated heterocycles. The highest BCUT2D eigenvalue weighted by molar-refractivity contribution is 6.44. The van der Waals surface area contributed by atoms with Crippen LogP contribution in [0.2, 0.25) is 6.04 Å². The maximum atomic E-state index is 11.2. The molecule has 0 rings (SSSR count). The molecule has 0 aliphatic rings. The maximum absolute atomic E-state index is 11.2. The van der Waals surface area contributed by atoms with E-state index in [2.05, 4.69) is 20.4 Å². The Hall–Kier alpha value is -0.653. The number of rotatable bonds is 11. The van der Waals surface area contributed by atoms with Crippen LogP contribution in [0.3, 0.4) is 0 Å². The average Bonchev–Trinajstić information content (AvgIpc) is 2.36. The third-order valence-corrected chi connectivity index (χ3v) is 4.28. The first-order chi connectivity index (χ1) is 8.61. The van der Waals surface area contributed by atoms with Crippen molar-refractivity contribution in [2.45, 2.75) is 46.1 Å². The van der Waals surface area contributed by atoms with E-state index in [0.717, 1.165) is 38.5 Å². The Morgan fingerprint density at radius 3 is 2.11 bits per heavy atom. The van der Waals surface area contributed by atoms with Gasteiger partial charge in [-0.2, -0.15) is 0 Å². The Morgan fingerprint density at radius 1 is 1.11 bits per heavy atom. The van der Waals surface area contributed by atoms with Gasteiger partial charge in [0, 0.05) is 18.8 Å². The van der Waals surface area contributed by atoms with Crippen LogP contribution in [0, 0.1) is 0 Å². The minimum absolute atomic E-state index is 0.322. The van der Waals surface area contributed by atoms with Gasteiger partial charge in [0.05, 0.1) is 6.61 Å². The summed E-state index contributed by atoms with van der Waals surface area (Å²) in [7, 11) is -1.57. The molecule has 18 heavy (non-hydrogen) atoms. The van der Waals surface area contributed by atoms with Crippen molar-refractivity contribution in [2.75, 3.05) is 19.8 Å². The average molecular weight is 274 g/mol. The second-order valence-electron chi connectivity index (χ2n) is 4.23. The fourth-order valence-corrected chi connectivity index (χ4v) is 3.18. The Bertz CT molecular complexity index is 235. The molecule has 0 aliphatic heterocycles. The van der Waals surface area contributed by atoms with Crippen molar-refractivity contribution >= 4 is 15.3 Å². The van der Waals surface area contributed by atoms with Crippen LogP contribution in [0.15, 0.2) is 12.2 Å². The summed E-state index contributed by atoms with van der Waals surface area (Å²) in [5, 5.41) is 0. The second-order valence-corrected chi connectivity index (χ2v) is 6.33. The van der Waals surface area contributed by atoms with Crippen molar-refractivity contribution in [2.24, 2.45) is 0 Å². The highest BCUT2D eigenvalue weighted by Gasteiger charge is 2.13. The van der Waals surface area contributed by atoms with E-state index < -0.39 is 9.28 Å². The third-order valence-electron chi connectivity index (χ3n) is 2.18. The molecule has 0 amide bonds. The predicted octanol–water partition coefficient (Wildman–Crippen LogP) is 2.57. The summed E-state index contributed by atoms with van der Waals surface area (Å²) in [6.07, 6.45) is 2.80. The molecule has 0 atom stereocenters. The topological polar surface area (TPSA) is 44.8 Å². The Morgan fingerprint density at radius 2 is 1.67 bits per heavy atom. The van der Waals surface area contributed by atoms with Crippen LogP contribution in [-0.2, 0) is 18.4 Å². The Balaban J connectivity index is 3.73. The number of carbonyl (C=O) groups excluding carboxylic acids is 1. The molecule has 0 N–H and O–H groups in total. The van der Waals surface area contributed by atoms with E-state index in [0.29, 0.717) is 12.2 Å². The fraction of sp³-hybridized carbons (Fsp3) is 0.769. The molecule has 5 heteroatoms. The SMILES string of the molecule is C=C(C)C(=O)OCCC[SiH](OCCC)OCCC. The van der Waals surface area contributed by atoms with E-state index in [1.54, 1.807) is 6.92 Å². The molecule has 0 unspecified atom stereocenters. The van der Waals surface area contributed by atoms with Gasteiger partial charge >= 0.3 is 15.3 Å². The summed E-state index contributed by atoms with van der Waals surface area (Å²) < 4.78 is 16.4. The molecule has 0 aromatic rings. The minimum atomic E-state index is -1.57. The van der Waals surface area contributed by atoms with Crippen LogP contribution in [-0.4, -0.2) is 35.1 Å². The smallest absolute Gasteiger partial charge is 0.333 e. The first-order valence-corrected chi connectivity index (χ1v) is 8.43. The molecular formula is C13H26O4Si. The molecule has 0 heterocycles. The summed E-state index contributed by atoms with van der Waals surface area (Å²) in [4.78, 5) is 11.2. The maximum Gasteiger partial charge on any atom is 0.333 e. The molecule has 0 saturated carbocycles. The largest absolute Gasteiger partial charge is 0.462 e. The molecule has 0 aromatic carbocycles. The van der Waals surface area contributed by atoms with Gasteiger partial charge in [0.2, 0.25) is 0 Å². The van der Waals surface area contributed by atoms with E-state index in [1.807, 2.05) is 0 Å². The number of carbonyl (C=O) groups is 1. The highest BCUT2D eigenvalue weighted by atomic mass is 28.3. The van der Waals surface area contributed by atoms with Crippen molar-refractivity contribution in [1.29, 1.82) is 0 Å². The lowest BCUT2D eigenvalue weighted by atomic mass is 10.4. The van der Waals surface area contributed by atoms with Crippen LogP contribution >= 0.6 is 0 Å². The van der Waals surface area contributed by atoms with Gasteiger partial charge < -0.3 is 13.6 Å². The molecule has 4 nitrogen and oxygen atoms in total. The summed E-state index contributed by atoms with van der Waals surface area (Å²) in [6, 6.07) is 0.878. The normalized spacial score (nSPS) is 10.7. The van der Waals surface area contributed by atoms with Crippen LogP contribution in [0.1, 0.15) is 40.0 Å². The third kappa shape index (κ3) is 9.38. The number of ether oxygens (including phenoxy) is 1. The van der Waals surface area contributed by atoms with E-state index in [4.69, 9.17) is 13.6 Å². The minimum Gasteiger partial charge on any atom is -0.462 e. The number of esters is 1. The van der Waals surface area contributed by atoms with Gasteiger partial charge in [-0.25, -0.2) is 4.79 Å². The van der Waals surface area contributed by atoms with Crippen molar-refractivity contribution in [3.8, 4) is 0 Å². The molecule has 0 aromatic heterocycles. The summed E-state index contributed by atoms with van der Waals surface area (Å²) in [6.45, 7) is 11.3. The van der Waals surface area contributed by atoms with Gasteiger partial charge in [0.15, 0.2) is 0 Å². The molecule has 0 radical (unpaired) electrons. The summed E-state index contributed by atoms with van der Waals surface area (Å²) in [5.41, 5.74) is 0.438. The molecular weight excluding hydrogens is 248 g/mol. The lowest BCUT2D eigenvalue weighted by Crippen LogP contribution is -2.24. The van der Waals surface area contributed by atoms with Crippen LogP contribution in [0.5, 0.6) is 0 Å². The van der Waals surface area contributed by atoms with Gasteiger partial charge in [-0.1, -0.05) is 20.4 Å². The van der Waals surface area contributed by atoms with Crippen LogP contribution in [0.4, 0.5) is 0 Å². The van der Waals surface area contributed by atoms with Gasteiger partial charge in [0.1, 0.15) is 0 Å². The summed E-state index contributed by atoms with van der Waals surface area (Å²) in [5.74, 6) is -0.322. The van der Waals surface area contributed by atoms with Crippen molar-refractivity contribution in [1.82, 2.24) is 0 Å².